The zero-order chi connectivity index (χ0) is 17.0. The number of aromatic nitrogens is 1. The van der Waals surface area contributed by atoms with Gasteiger partial charge in [-0.25, -0.2) is 4.99 Å². The van der Waals surface area contributed by atoms with Crippen LogP contribution in [0.1, 0.15) is 5.56 Å². The summed E-state index contributed by atoms with van der Waals surface area (Å²) in [6.07, 6.45) is -1.20. The van der Waals surface area contributed by atoms with Crippen LogP contribution in [0, 0.1) is 0 Å². The van der Waals surface area contributed by atoms with Gasteiger partial charge in [-0.05, 0) is 24.3 Å². The summed E-state index contributed by atoms with van der Waals surface area (Å²) in [6.45, 7) is 0. The van der Waals surface area contributed by atoms with Gasteiger partial charge >= 0.3 is 6.18 Å². The van der Waals surface area contributed by atoms with E-state index in [-0.39, 0.29) is 26.5 Å². The number of halogens is 5. The van der Waals surface area contributed by atoms with E-state index in [0.29, 0.717) is 17.3 Å². The molecule has 0 radical (unpaired) electrons. The first-order valence-electron chi connectivity index (χ1n) is 6.19. The van der Waals surface area contributed by atoms with Crippen molar-refractivity contribution in [1.82, 2.24) is 4.98 Å². The average molecular weight is 380 g/mol. The molecular weight excluding hydrogens is 370 g/mol. The lowest BCUT2D eigenvalue weighted by molar-refractivity contribution is -0.105. The predicted octanol–water partition coefficient (Wildman–Crippen LogP) is 5.08. The van der Waals surface area contributed by atoms with Crippen LogP contribution in [0.25, 0.3) is 0 Å². The fourth-order valence-corrected chi connectivity index (χ4v) is 2.88. The van der Waals surface area contributed by atoms with Crippen molar-refractivity contribution in [2.24, 2.45) is 10.7 Å². The van der Waals surface area contributed by atoms with Gasteiger partial charge in [-0.2, -0.15) is 13.2 Å². The summed E-state index contributed by atoms with van der Waals surface area (Å²) in [6, 6.07) is 6.11. The summed E-state index contributed by atoms with van der Waals surface area (Å²) in [5.41, 5.74) is 6.67. The Kier molecular flexibility index (Phi) is 5.78. The standard InChI is InChI=1S/C14H10Cl2F3N3S/c15-9-4-10(16)12(23-7-14(17,18)19)5-11(9)22-13(20)8-2-1-3-21-6-8/h1-6H,7H2,(H2,20,22). The molecule has 3 nitrogen and oxygen atoms in total. The second-order valence-electron chi connectivity index (χ2n) is 4.38. The minimum atomic E-state index is -4.30. The van der Waals surface area contributed by atoms with Gasteiger partial charge in [0.05, 0.1) is 21.5 Å². The highest BCUT2D eigenvalue weighted by molar-refractivity contribution is 7.99. The molecule has 2 aromatic rings. The van der Waals surface area contributed by atoms with E-state index >= 15 is 0 Å². The van der Waals surface area contributed by atoms with E-state index in [1.807, 2.05) is 0 Å². The normalized spacial score (nSPS) is 12.5. The van der Waals surface area contributed by atoms with Gasteiger partial charge in [0, 0.05) is 22.9 Å². The Hall–Kier alpha value is -1.44. The van der Waals surface area contributed by atoms with Crippen molar-refractivity contribution in [2.45, 2.75) is 11.1 Å². The van der Waals surface area contributed by atoms with Crippen LogP contribution in [0.5, 0.6) is 0 Å². The number of thioether (sulfide) groups is 1. The van der Waals surface area contributed by atoms with Gasteiger partial charge < -0.3 is 5.73 Å². The van der Waals surface area contributed by atoms with Crippen LogP contribution in [-0.4, -0.2) is 22.7 Å². The van der Waals surface area contributed by atoms with Gasteiger partial charge in [-0.15, -0.1) is 11.8 Å². The first kappa shape index (κ1) is 17.9. The van der Waals surface area contributed by atoms with Crippen LogP contribution in [0.4, 0.5) is 18.9 Å². The highest BCUT2D eigenvalue weighted by Crippen LogP contribution is 2.38. The maximum Gasteiger partial charge on any atom is 0.398 e. The van der Waals surface area contributed by atoms with Gasteiger partial charge in [0.2, 0.25) is 0 Å². The van der Waals surface area contributed by atoms with Crippen molar-refractivity contribution in [2.75, 3.05) is 5.75 Å². The van der Waals surface area contributed by atoms with Crippen molar-refractivity contribution in [1.29, 1.82) is 0 Å². The lowest BCUT2D eigenvalue weighted by Gasteiger charge is -2.09. The van der Waals surface area contributed by atoms with E-state index in [9.17, 15) is 13.2 Å². The Morgan fingerprint density at radius 3 is 2.61 bits per heavy atom. The number of nitrogens with zero attached hydrogens (tertiary/aromatic N) is 2. The van der Waals surface area contributed by atoms with E-state index < -0.39 is 11.9 Å². The van der Waals surface area contributed by atoms with Gasteiger partial charge in [0.15, 0.2) is 0 Å². The number of nitrogens with two attached hydrogens (primary N) is 1. The van der Waals surface area contributed by atoms with Crippen LogP contribution >= 0.6 is 35.0 Å². The molecule has 0 aliphatic heterocycles. The lowest BCUT2D eigenvalue weighted by atomic mass is 10.2. The summed E-state index contributed by atoms with van der Waals surface area (Å²) in [5, 5.41) is 0.321. The number of amidine groups is 1. The van der Waals surface area contributed by atoms with Crippen LogP contribution in [0.15, 0.2) is 46.5 Å². The number of pyridine rings is 1. The minimum absolute atomic E-state index is 0.128. The van der Waals surface area contributed by atoms with E-state index in [4.69, 9.17) is 28.9 Å². The maximum absolute atomic E-state index is 12.3. The van der Waals surface area contributed by atoms with Gasteiger partial charge in [0.1, 0.15) is 5.84 Å². The summed E-state index contributed by atoms with van der Waals surface area (Å²) in [5.74, 6) is -0.913. The molecule has 2 rings (SSSR count). The number of hydrogen-bond donors (Lipinski definition) is 1. The molecule has 0 atom stereocenters. The second-order valence-corrected chi connectivity index (χ2v) is 6.21. The van der Waals surface area contributed by atoms with Crippen LogP contribution in [0.3, 0.4) is 0 Å². The topological polar surface area (TPSA) is 51.3 Å². The monoisotopic (exact) mass is 379 g/mol. The van der Waals surface area contributed by atoms with Crippen molar-refractivity contribution >= 4 is 46.5 Å². The highest BCUT2D eigenvalue weighted by Gasteiger charge is 2.27. The molecule has 0 bridgehead atoms. The summed E-state index contributed by atoms with van der Waals surface area (Å²) in [7, 11) is 0. The van der Waals surface area contributed by atoms with Crippen LogP contribution in [-0.2, 0) is 0 Å². The summed E-state index contributed by atoms with van der Waals surface area (Å²) >= 11 is 12.5. The molecule has 0 saturated carbocycles. The van der Waals surface area contributed by atoms with Gasteiger partial charge in [-0.1, -0.05) is 23.2 Å². The first-order valence-corrected chi connectivity index (χ1v) is 7.93. The molecule has 0 unspecified atom stereocenters. The lowest BCUT2D eigenvalue weighted by Crippen LogP contribution is -2.13. The molecule has 0 spiro atoms. The van der Waals surface area contributed by atoms with Crippen molar-refractivity contribution in [3.8, 4) is 0 Å². The van der Waals surface area contributed by atoms with Crippen molar-refractivity contribution < 1.29 is 13.2 Å². The minimum Gasteiger partial charge on any atom is -0.383 e. The maximum atomic E-state index is 12.3. The zero-order valence-electron chi connectivity index (χ0n) is 11.4. The van der Waals surface area contributed by atoms with E-state index in [0.717, 1.165) is 0 Å². The average Bonchev–Trinajstić information content (AvgIpc) is 2.48. The fraction of sp³-hybridized carbons (Fsp3) is 0.143. The van der Waals surface area contributed by atoms with Crippen molar-refractivity contribution in [3.05, 3.63) is 52.3 Å². The Morgan fingerprint density at radius 2 is 2.00 bits per heavy atom. The second kappa shape index (κ2) is 7.42. The zero-order valence-corrected chi connectivity index (χ0v) is 13.8. The molecule has 1 aromatic carbocycles. The quantitative estimate of drug-likeness (QED) is 0.457. The predicted molar refractivity (Wildman–Crippen MR) is 87.9 cm³/mol. The summed E-state index contributed by atoms with van der Waals surface area (Å²) < 4.78 is 37.0. The summed E-state index contributed by atoms with van der Waals surface area (Å²) in [4.78, 5) is 8.29. The first-order chi connectivity index (χ1) is 10.8. The van der Waals surface area contributed by atoms with E-state index in [1.54, 1.807) is 18.3 Å². The third kappa shape index (κ3) is 5.30. The fourth-order valence-electron chi connectivity index (χ4n) is 1.58. The molecule has 1 heterocycles. The number of rotatable bonds is 4. The third-order valence-corrected chi connectivity index (χ3v) is 4.44. The third-order valence-electron chi connectivity index (χ3n) is 2.59. The highest BCUT2D eigenvalue weighted by atomic mass is 35.5. The molecule has 0 aliphatic rings. The molecule has 0 saturated heterocycles. The molecule has 0 fully saturated rings. The Bertz CT molecular complexity index is 721. The Balaban J connectivity index is 2.32. The molecule has 2 N–H and O–H groups in total. The van der Waals surface area contributed by atoms with E-state index in [1.165, 1.54) is 18.3 Å². The Labute approximate surface area is 144 Å². The van der Waals surface area contributed by atoms with Crippen LogP contribution in [0.2, 0.25) is 10.0 Å². The number of hydrogen-bond acceptors (Lipinski definition) is 3. The van der Waals surface area contributed by atoms with Crippen molar-refractivity contribution in [3.63, 3.8) is 0 Å². The molecule has 9 heteroatoms. The molecular formula is C14H10Cl2F3N3S. The smallest absolute Gasteiger partial charge is 0.383 e. The van der Waals surface area contributed by atoms with Crippen LogP contribution < -0.4 is 5.73 Å². The number of aliphatic imine (C=N–C) groups is 1. The van der Waals surface area contributed by atoms with Gasteiger partial charge in [0.25, 0.3) is 0 Å². The molecule has 0 amide bonds. The Morgan fingerprint density at radius 1 is 1.26 bits per heavy atom. The number of alkyl halides is 3. The number of benzene rings is 1. The van der Waals surface area contributed by atoms with Gasteiger partial charge in [-0.3, -0.25) is 4.98 Å². The molecule has 1 aromatic heterocycles. The largest absolute Gasteiger partial charge is 0.398 e. The molecule has 23 heavy (non-hydrogen) atoms. The molecule has 0 aliphatic carbocycles. The molecule has 122 valence electrons. The SMILES string of the molecule is N/C(=N\c1cc(SCC(F)(F)F)c(Cl)cc1Cl)c1cccnc1. The van der Waals surface area contributed by atoms with E-state index in [2.05, 4.69) is 9.98 Å².